The Hall–Kier alpha value is -0.760. The van der Waals surface area contributed by atoms with Gasteiger partial charge in [-0.25, -0.2) is 4.98 Å². The summed E-state index contributed by atoms with van der Waals surface area (Å²) >= 11 is 2.94. The van der Waals surface area contributed by atoms with Crippen LogP contribution in [0.15, 0.2) is 22.9 Å². The van der Waals surface area contributed by atoms with Crippen molar-refractivity contribution in [1.29, 1.82) is 0 Å². The summed E-state index contributed by atoms with van der Waals surface area (Å²) in [5.41, 5.74) is -3.95. The fourth-order valence-electron chi connectivity index (χ4n) is 0.944. The van der Waals surface area contributed by atoms with E-state index in [1.165, 1.54) is 12.3 Å². The molecule has 0 aromatic carbocycles. The minimum atomic E-state index is -4.26. The molecule has 0 radical (unpaired) electrons. The molecule has 1 rings (SSSR count). The fourth-order valence-corrected chi connectivity index (χ4v) is 1.61. The van der Waals surface area contributed by atoms with Crippen LogP contribution in [0.5, 0.6) is 0 Å². The molecule has 0 unspecified atom stereocenters. The Morgan fingerprint density at radius 1 is 1.47 bits per heavy atom. The van der Waals surface area contributed by atoms with Crippen molar-refractivity contribution in [3.63, 3.8) is 0 Å². The SMILES string of the molecule is O=C(NCCSC(F)(F)F)c1ccc(Br)nc1. The predicted octanol–water partition coefficient (Wildman–Crippen LogP) is 2.83. The number of pyridine rings is 1. The van der Waals surface area contributed by atoms with Crippen LogP contribution < -0.4 is 5.32 Å². The van der Waals surface area contributed by atoms with E-state index in [0.717, 1.165) is 0 Å². The molecule has 0 aliphatic rings. The van der Waals surface area contributed by atoms with Crippen molar-refractivity contribution in [3.8, 4) is 0 Å². The first kappa shape index (κ1) is 14.3. The first-order chi connectivity index (χ1) is 7.88. The van der Waals surface area contributed by atoms with Gasteiger partial charge in [0.25, 0.3) is 5.91 Å². The van der Waals surface area contributed by atoms with Gasteiger partial charge in [-0.3, -0.25) is 4.79 Å². The molecule has 0 spiro atoms. The quantitative estimate of drug-likeness (QED) is 0.682. The molecule has 0 saturated heterocycles. The first-order valence-electron chi connectivity index (χ1n) is 4.49. The van der Waals surface area contributed by atoms with Crippen LogP contribution in [0, 0.1) is 0 Å². The summed E-state index contributed by atoms with van der Waals surface area (Å²) in [4.78, 5) is 15.3. The minimum Gasteiger partial charge on any atom is -0.351 e. The number of hydrogen-bond donors (Lipinski definition) is 1. The van der Waals surface area contributed by atoms with Gasteiger partial charge >= 0.3 is 5.51 Å². The van der Waals surface area contributed by atoms with E-state index in [9.17, 15) is 18.0 Å². The van der Waals surface area contributed by atoms with Crippen molar-refractivity contribution < 1.29 is 18.0 Å². The maximum Gasteiger partial charge on any atom is 0.441 e. The maximum atomic E-state index is 11.8. The monoisotopic (exact) mass is 328 g/mol. The Kier molecular flexibility index (Phi) is 5.26. The molecule has 1 N–H and O–H groups in total. The van der Waals surface area contributed by atoms with Gasteiger partial charge in [-0.2, -0.15) is 13.2 Å². The molecule has 0 saturated carbocycles. The predicted molar refractivity (Wildman–Crippen MR) is 62.8 cm³/mol. The molecule has 8 heteroatoms. The third-order valence-electron chi connectivity index (χ3n) is 1.64. The highest BCUT2D eigenvalue weighted by atomic mass is 79.9. The lowest BCUT2D eigenvalue weighted by Crippen LogP contribution is -2.26. The Bertz CT molecular complexity index is 383. The van der Waals surface area contributed by atoms with Gasteiger partial charge in [0.2, 0.25) is 0 Å². The molecule has 1 amide bonds. The van der Waals surface area contributed by atoms with Crippen LogP contribution >= 0.6 is 27.7 Å². The number of nitrogens with zero attached hydrogens (tertiary/aromatic N) is 1. The van der Waals surface area contributed by atoms with Gasteiger partial charge in [-0.1, -0.05) is 0 Å². The number of amides is 1. The summed E-state index contributed by atoms with van der Waals surface area (Å²) in [6, 6.07) is 3.11. The number of rotatable bonds is 4. The zero-order valence-corrected chi connectivity index (χ0v) is 10.8. The van der Waals surface area contributed by atoms with Crippen molar-refractivity contribution in [2.24, 2.45) is 0 Å². The maximum absolute atomic E-state index is 11.8. The van der Waals surface area contributed by atoms with E-state index in [4.69, 9.17) is 0 Å². The van der Waals surface area contributed by atoms with E-state index in [-0.39, 0.29) is 24.1 Å². The summed E-state index contributed by atoms with van der Waals surface area (Å²) < 4.78 is 35.9. The first-order valence-corrected chi connectivity index (χ1v) is 6.27. The van der Waals surface area contributed by atoms with Crippen LogP contribution in [0.25, 0.3) is 0 Å². The molecule has 1 heterocycles. The highest BCUT2D eigenvalue weighted by Crippen LogP contribution is 2.29. The normalized spacial score (nSPS) is 11.3. The summed E-state index contributed by atoms with van der Waals surface area (Å²) in [5.74, 6) is -0.646. The largest absolute Gasteiger partial charge is 0.441 e. The van der Waals surface area contributed by atoms with Crippen molar-refractivity contribution in [3.05, 3.63) is 28.5 Å². The standard InChI is InChI=1S/C9H8BrF3N2OS/c10-7-2-1-6(5-15-7)8(16)14-3-4-17-9(11,12)13/h1-2,5H,3-4H2,(H,14,16). The zero-order chi connectivity index (χ0) is 12.9. The second-order valence-corrected chi connectivity index (χ2v) is 4.89. The van der Waals surface area contributed by atoms with E-state index in [1.54, 1.807) is 6.07 Å². The molecule has 1 aromatic heterocycles. The topological polar surface area (TPSA) is 42.0 Å². The number of carbonyl (C=O) groups excluding carboxylic acids is 1. The van der Waals surface area contributed by atoms with E-state index < -0.39 is 11.4 Å². The van der Waals surface area contributed by atoms with Crippen molar-refractivity contribution in [1.82, 2.24) is 10.3 Å². The van der Waals surface area contributed by atoms with Gasteiger partial charge < -0.3 is 5.32 Å². The van der Waals surface area contributed by atoms with Crippen LogP contribution in [0.4, 0.5) is 13.2 Å². The van der Waals surface area contributed by atoms with Crippen LogP contribution in [-0.2, 0) is 0 Å². The van der Waals surface area contributed by atoms with E-state index in [2.05, 4.69) is 26.2 Å². The van der Waals surface area contributed by atoms with Crippen molar-refractivity contribution in [2.45, 2.75) is 5.51 Å². The van der Waals surface area contributed by atoms with Crippen LogP contribution in [0.2, 0.25) is 0 Å². The summed E-state index contributed by atoms with van der Waals surface area (Å²) in [7, 11) is 0. The molecule has 94 valence electrons. The Labute approximate surface area is 108 Å². The highest BCUT2D eigenvalue weighted by Gasteiger charge is 2.27. The van der Waals surface area contributed by atoms with Gasteiger partial charge in [0.05, 0.1) is 5.56 Å². The van der Waals surface area contributed by atoms with Gasteiger partial charge in [0, 0.05) is 18.5 Å². The molecule has 17 heavy (non-hydrogen) atoms. The Balaban J connectivity index is 2.33. The molecule has 0 aliphatic carbocycles. The van der Waals surface area contributed by atoms with E-state index in [0.29, 0.717) is 10.2 Å². The van der Waals surface area contributed by atoms with Gasteiger partial charge in [0.15, 0.2) is 0 Å². The number of hydrogen-bond acceptors (Lipinski definition) is 3. The number of halogens is 4. The lowest BCUT2D eigenvalue weighted by atomic mass is 10.3. The summed E-state index contributed by atoms with van der Waals surface area (Å²) in [6.45, 7) is -0.0426. The average Bonchev–Trinajstić information content (AvgIpc) is 2.24. The highest BCUT2D eigenvalue weighted by molar-refractivity contribution is 9.10. The molecule has 3 nitrogen and oxygen atoms in total. The van der Waals surface area contributed by atoms with Crippen LogP contribution in [-0.4, -0.2) is 28.7 Å². The lowest BCUT2D eigenvalue weighted by Gasteiger charge is -2.06. The minimum absolute atomic E-state index is 0.0426. The van der Waals surface area contributed by atoms with Gasteiger partial charge in [0.1, 0.15) is 4.60 Å². The van der Waals surface area contributed by atoms with E-state index >= 15 is 0 Å². The van der Waals surface area contributed by atoms with Crippen molar-refractivity contribution in [2.75, 3.05) is 12.3 Å². The number of aromatic nitrogens is 1. The molecule has 0 bridgehead atoms. The Morgan fingerprint density at radius 2 is 2.18 bits per heavy atom. The van der Waals surface area contributed by atoms with Crippen LogP contribution in [0.3, 0.4) is 0 Å². The third-order valence-corrected chi connectivity index (χ3v) is 2.85. The van der Waals surface area contributed by atoms with Crippen LogP contribution in [0.1, 0.15) is 10.4 Å². The summed E-state index contributed by atoms with van der Waals surface area (Å²) in [5, 5.41) is 2.38. The number of thioether (sulfide) groups is 1. The molecule has 0 aliphatic heterocycles. The Morgan fingerprint density at radius 3 is 2.71 bits per heavy atom. The van der Waals surface area contributed by atoms with Gasteiger partial charge in [-0.15, -0.1) is 0 Å². The van der Waals surface area contributed by atoms with E-state index in [1.807, 2.05) is 0 Å². The summed E-state index contributed by atoms with van der Waals surface area (Å²) in [6.07, 6.45) is 1.34. The average molecular weight is 329 g/mol. The second kappa shape index (κ2) is 6.25. The van der Waals surface area contributed by atoms with Crippen molar-refractivity contribution >= 4 is 33.6 Å². The molecule has 0 fully saturated rings. The second-order valence-electron chi connectivity index (χ2n) is 2.92. The third kappa shape index (κ3) is 5.92. The van der Waals surface area contributed by atoms with Gasteiger partial charge in [-0.05, 0) is 39.8 Å². The molecular formula is C9H8BrF3N2OS. The number of alkyl halides is 3. The molecule has 0 atom stereocenters. The molecular weight excluding hydrogens is 321 g/mol. The molecule has 1 aromatic rings. The zero-order valence-electron chi connectivity index (χ0n) is 8.42. The lowest BCUT2D eigenvalue weighted by molar-refractivity contribution is -0.0327. The number of nitrogens with one attached hydrogen (secondary N) is 1. The smallest absolute Gasteiger partial charge is 0.351 e. The fraction of sp³-hybridized carbons (Fsp3) is 0.333. The number of carbonyl (C=O) groups is 1.